The Kier molecular flexibility index (Phi) is 46.0. The Balaban J connectivity index is 1.33. The molecule has 0 bridgehead atoms. The Morgan fingerprint density at radius 1 is 0.379 bits per heavy atom. The largest absolute Gasteiger partial charge is 0.493 e. The van der Waals surface area contributed by atoms with Crippen LogP contribution >= 0.6 is 0 Å². The highest BCUT2D eigenvalue weighted by Crippen LogP contribution is 2.40. The minimum Gasteiger partial charge on any atom is -0.493 e. The summed E-state index contributed by atoms with van der Waals surface area (Å²) in [7, 11) is 5.69. The minimum absolute atomic E-state index is 0.0156. The van der Waals surface area contributed by atoms with Gasteiger partial charge in [0.15, 0.2) is 46.0 Å². The maximum absolute atomic E-state index is 13.3. The van der Waals surface area contributed by atoms with Gasteiger partial charge in [0, 0.05) is 153 Å². The number of hydrogen-bond donors (Lipinski definition) is 12. The molecule has 0 radical (unpaired) electrons. The standard InChI is InChI=1S/C74H113N17O25/c1-48(75)52-17-18-59(60(41-52)105-5)109-37-9-13-71(96)113-83-27-23-79-67(92)19-31-88(33-21-69(94)81-25-29-85-115-73(98)15-11-39-111-65-46-57(90(101)102)54(50(3)77)43-62(65)107-7)35-36-89(32-20-68(93)80-24-28-84-114-72(97)14-10-38-110-64-45-56(87-100)53(49(2)76)42-61(64)106-6)34-22-70(95)82-26-30-86-116-74(99)16-12-40-112-66-47-58(91(103)104)55(51(4)78)44-63(66)108-8/h17-18,41-51,83-86H,9-16,19-40,75-78H2,1-8H3,(H,79,92)(H,80,93)(H,81,94)(H,82,95). The molecule has 42 heteroatoms. The van der Waals surface area contributed by atoms with E-state index in [4.69, 9.17) is 80.2 Å². The van der Waals surface area contributed by atoms with E-state index in [2.05, 4.69) is 48.4 Å². The molecule has 4 aromatic rings. The first-order chi connectivity index (χ1) is 55.6. The molecule has 644 valence electrons. The molecule has 4 aromatic carbocycles. The second-order valence-electron chi connectivity index (χ2n) is 26.2. The second kappa shape index (κ2) is 54.8. The molecule has 16 N–H and O–H groups in total. The summed E-state index contributed by atoms with van der Waals surface area (Å²) >= 11 is 0. The highest BCUT2D eigenvalue weighted by molar-refractivity contribution is 5.78. The number of nitrogens with two attached hydrogens (primary N) is 4. The van der Waals surface area contributed by atoms with Crippen molar-refractivity contribution in [1.82, 2.24) is 53.0 Å². The molecule has 0 saturated carbocycles. The van der Waals surface area contributed by atoms with Crippen molar-refractivity contribution < 1.29 is 105 Å². The van der Waals surface area contributed by atoms with Gasteiger partial charge < -0.3 is 111 Å². The Morgan fingerprint density at radius 2 is 0.672 bits per heavy atom. The van der Waals surface area contributed by atoms with E-state index in [1.165, 1.54) is 58.8 Å². The van der Waals surface area contributed by atoms with Gasteiger partial charge in [-0.2, -0.15) is 21.9 Å². The molecule has 0 aliphatic rings. The van der Waals surface area contributed by atoms with Crippen LogP contribution in [0.3, 0.4) is 0 Å². The van der Waals surface area contributed by atoms with Crippen LogP contribution in [0.2, 0.25) is 0 Å². The monoisotopic (exact) mass is 1640 g/mol. The summed E-state index contributed by atoms with van der Waals surface area (Å²) in [5.41, 5.74) is 35.3. The van der Waals surface area contributed by atoms with E-state index < -0.39 is 63.7 Å². The van der Waals surface area contributed by atoms with Gasteiger partial charge in [-0.1, -0.05) is 6.07 Å². The van der Waals surface area contributed by atoms with Gasteiger partial charge in [-0.05, 0) is 94.5 Å². The molecule has 116 heavy (non-hydrogen) atoms. The molecule has 4 amide bonds. The summed E-state index contributed by atoms with van der Waals surface area (Å²) < 4.78 is 44.4. The number of nitrogens with zero attached hydrogens (tertiary/aromatic N) is 5. The van der Waals surface area contributed by atoms with Crippen molar-refractivity contribution in [2.45, 2.75) is 129 Å². The third-order valence-corrected chi connectivity index (χ3v) is 17.0. The van der Waals surface area contributed by atoms with Crippen molar-refractivity contribution in [3.63, 3.8) is 0 Å². The van der Waals surface area contributed by atoms with E-state index in [1.807, 2.05) is 22.8 Å². The zero-order chi connectivity index (χ0) is 85.3. The van der Waals surface area contributed by atoms with Gasteiger partial charge in [0.2, 0.25) is 23.6 Å². The zero-order valence-electron chi connectivity index (χ0n) is 67.0. The fourth-order valence-corrected chi connectivity index (χ4v) is 10.8. The number of hydroxylamine groups is 4. The van der Waals surface area contributed by atoms with E-state index in [-0.39, 0.29) is 263 Å². The van der Waals surface area contributed by atoms with Crippen LogP contribution in [0, 0.1) is 25.1 Å². The molecule has 0 fully saturated rings. The average Bonchev–Trinajstić information content (AvgIpc) is 0.818. The summed E-state index contributed by atoms with van der Waals surface area (Å²) in [6.07, 6.45) is 0.455. The van der Waals surface area contributed by atoms with Gasteiger partial charge in [0.25, 0.3) is 11.4 Å². The summed E-state index contributed by atoms with van der Waals surface area (Å²) in [5.74, 6) is -1.80. The van der Waals surface area contributed by atoms with E-state index in [0.29, 0.717) is 29.2 Å². The number of carbonyl (C=O) groups excluding carboxylic acids is 8. The van der Waals surface area contributed by atoms with Gasteiger partial charge in [0.1, 0.15) is 5.69 Å². The van der Waals surface area contributed by atoms with Gasteiger partial charge in [-0.3, -0.25) is 58.6 Å². The van der Waals surface area contributed by atoms with Crippen LogP contribution in [0.4, 0.5) is 17.1 Å². The fraction of sp³-hybridized carbons (Fsp3) is 0.568. The number of methoxy groups -OCH3 is 4. The number of nitro groups is 2. The van der Waals surface area contributed by atoms with Crippen molar-refractivity contribution in [3.05, 3.63) is 102 Å². The van der Waals surface area contributed by atoms with Gasteiger partial charge in [-0.25, -0.2) is 0 Å². The first-order valence-electron chi connectivity index (χ1n) is 37.8. The fourth-order valence-electron chi connectivity index (χ4n) is 10.8. The first kappa shape index (κ1) is 97.4. The van der Waals surface area contributed by atoms with Crippen LogP contribution in [0.25, 0.3) is 0 Å². The number of nitroso groups, excluding NO2 is 1. The molecule has 0 heterocycles. The van der Waals surface area contributed by atoms with Gasteiger partial charge >= 0.3 is 23.9 Å². The predicted molar refractivity (Wildman–Crippen MR) is 420 cm³/mol. The number of ether oxygens (including phenoxy) is 8. The molecule has 0 saturated heterocycles. The van der Waals surface area contributed by atoms with Crippen molar-refractivity contribution in [2.75, 3.05) is 146 Å². The molecule has 4 rings (SSSR count). The van der Waals surface area contributed by atoms with Crippen LogP contribution in [0.15, 0.2) is 59.8 Å². The number of hydrogen-bond acceptors (Lipinski definition) is 36. The quantitative estimate of drug-likeness (QED) is 0.00988. The highest BCUT2D eigenvalue weighted by Gasteiger charge is 2.26. The third kappa shape index (κ3) is 37.5. The van der Waals surface area contributed by atoms with Crippen LogP contribution in [-0.2, 0) is 57.7 Å². The minimum atomic E-state index is -0.656. The average molecular weight is 1640 g/mol. The Labute approximate surface area is 672 Å². The van der Waals surface area contributed by atoms with Crippen LogP contribution in [-0.4, -0.2) is 214 Å². The molecule has 0 aromatic heterocycles. The lowest BCUT2D eigenvalue weighted by molar-refractivity contribution is -0.385. The van der Waals surface area contributed by atoms with Gasteiger partial charge in [0.05, 0.1) is 114 Å². The summed E-state index contributed by atoms with van der Waals surface area (Å²) in [6, 6.07) is 11.6. The molecular formula is C74H113N17O25. The van der Waals surface area contributed by atoms with Crippen molar-refractivity contribution in [1.29, 1.82) is 0 Å². The number of amides is 4. The van der Waals surface area contributed by atoms with Crippen molar-refractivity contribution in [2.24, 2.45) is 28.1 Å². The molecule has 0 spiro atoms. The maximum atomic E-state index is 13.3. The molecular weight excluding hydrogens is 1530 g/mol. The number of rotatable bonds is 62. The van der Waals surface area contributed by atoms with E-state index in [9.17, 15) is 63.5 Å². The smallest absolute Gasteiger partial charge is 0.324 e. The number of nitrogens with one attached hydrogen (secondary N) is 8. The second-order valence-corrected chi connectivity index (χ2v) is 26.2. The molecule has 0 aliphatic heterocycles. The summed E-state index contributed by atoms with van der Waals surface area (Å²) in [4.78, 5) is 161. The number of benzene rings is 4. The first-order valence-corrected chi connectivity index (χ1v) is 37.8. The van der Waals surface area contributed by atoms with E-state index in [1.54, 1.807) is 39.0 Å². The Bertz CT molecular complexity index is 3800. The lowest BCUT2D eigenvalue weighted by Crippen LogP contribution is -2.42. The van der Waals surface area contributed by atoms with Crippen LogP contribution in [0.1, 0.15) is 151 Å². The molecule has 4 unspecified atom stereocenters. The Hall–Kier alpha value is -11.0. The highest BCUT2D eigenvalue weighted by atomic mass is 16.7. The van der Waals surface area contributed by atoms with Crippen molar-refractivity contribution in [3.8, 4) is 46.0 Å². The third-order valence-electron chi connectivity index (χ3n) is 17.0. The number of nitro benzene ring substituents is 2. The topological polar surface area (TPSA) is 570 Å². The van der Waals surface area contributed by atoms with E-state index >= 15 is 0 Å². The summed E-state index contributed by atoms with van der Waals surface area (Å²) in [5, 5.41) is 37.5. The van der Waals surface area contributed by atoms with Crippen LogP contribution < -0.4 is 104 Å². The predicted octanol–water partition coefficient (Wildman–Crippen LogP) is 3.57. The maximum Gasteiger partial charge on any atom is 0.324 e. The lowest BCUT2D eigenvalue weighted by atomic mass is 10.1. The normalized spacial score (nSPS) is 12.1. The van der Waals surface area contributed by atoms with E-state index in [0.717, 1.165) is 5.56 Å². The van der Waals surface area contributed by atoms with Crippen LogP contribution in [0.5, 0.6) is 46.0 Å². The zero-order valence-corrected chi connectivity index (χ0v) is 67.0. The SMILES string of the molecule is COc1cc(C(C)N)ccc1OCCCC(=O)ONCCNC(=O)CCN(CCC(=O)NCCNOC(=O)CCCOc1cc([N+](=O)[O-])c(C(C)N)cc1OC)CCN(CCC(=O)NCCNOC(=O)CCCOc1cc(N=O)c(C(C)N)cc1OC)CCC(=O)NCCNOC(=O)CCCOc1cc([N+](=O)[O-])c(C(C)N)cc1OC. The number of carbonyl (C=O) groups is 8. The molecule has 42 nitrogen and oxygen atoms in total. The lowest BCUT2D eigenvalue weighted by Gasteiger charge is -2.27. The molecule has 4 atom stereocenters. The van der Waals surface area contributed by atoms with Gasteiger partial charge in [-0.15, -0.1) is 4.91 Å². The Morgan fingerprint density at radius 3 is 0.957 bits per heavy atom. The van der Waals surface area contributed by atoms with Crippen molar-refractivity contribution >= 4 is 64.6 Å². The summed E-state index contributed by atoms with van der Waals surface area (Å²) in [6.45, 7) is 8.25. The molecule has 0 aliphatic carbocycles.